The van der Waals surface area contributed by atoms with Crippen LogP contribution in [0.4, 0.5) is 0 Å². The summed E-state index contributed by atoms with van der Waals surface area (Å²) in [6, 6.07) is 0. The zero-order chi connectivity index (χ0) is 10.8. The highest BCUT2D eigenvalue weighted by molar-refractivity contribution is 9.09. The molecule has 0 amide bonds. The second-order valence-electron chi connectivity index (χ2n) is 3.57. The van der Waals surface area contributed by atoms with Crippen LogP contribution < -0.4 is 10.6 Å². The number of alkyl halides is 1. The fraction of sp³-hybridized carbons (Fsp3) is 0.400. The van der Waals surface area contributed by atoms with Gasteiger partial charge in [0.15, 0.2) is 0 Å². The second-order valence-corrected chi connectivity index (χ2v) is 4.75. The van der Waals surface area contributed by atoms with Crippen LogP contribution in [-0.4, -0.2) is 21.3 Å². The molecule has 0 radical (unpaired) electrons. The third kappa shape index (κ3) is 2.28. The van der Waals surface area contributed by atoms with Crippen molar-refractivity contribution in [3.05, 3.63) is 32.4 Å². The Labute approximate surface area is 95.0 Å². The van der Waals surface area contributed by atoms with E-state index in [1.54, 1.807) is 0 Å². The number of rotatable bonds is 3. The van der Waals surface area contributed by atoms with Crippen LogP contribution in [0.15, 0.2) is 6.20 Å². The van der Waals surface area contributed by atoms with Gasteiger partial charge in [-0.2, -0.15) is 0 Å². The van der Waals surface area contributed by atoms with Gasteiger partial charge < -0.3 is 4.98 Å². The molecule has 2 rings (SSSR count). The summed E-state index contributed by atoms with van der Waals surface area (Å²) >= 11 is 3.52. The van der Waals surface area contributed by atoms with E-state index in [0.717, 1.165) is 22.6 Å². The molecule has 1 heterocycles. The first-order valence-electron chi connectivity index (χ1n) is 4.81. The Morgan fingerprint density at radius 2 is 2.47 bits per heavy atom. The van der Waals surface area contributed by atoms with Crippen molar-refractivity contribution in [3.63, 3.8) is 0 Å². The van der Waals surface area contributed by atoms with Gasteiger partial charge in [0.2, 0.25) is 6.54 Å². The number of fused-ring (bicyclic) bond motifs is 1. The topological polar surface area (TPSA) is 58.9 Å². The van der Waals surface area contributed by atoms with Crippen molar-refractivity contribution in [2.24, 2.45) is 0 Å². The quantitative estimate of drug-likeness (QED) is 0.496. The molecule has 0 aliphatic heterocycles. The van der Waals surface area contributed by atoms with Crippen molar-refractivity contribution in [2.45, 2.75) is 17.7 Å². The maximum Gasteiger partial charge on any atom is 0.207 e. The highest BCUT2D eigenvalue weighted by Crippen LogP contribution is 2.09. The summed E-state index contributed by atoms with van der Waals surface area (Å²) in [6.07, 6.45) is 7.54. The first-order chi connectivity index (χ1) is 7.16. The molecule has 0 saturated carbocycles. The number of nitrogens with zero attached hydrogens (tertiary/aromatic N) is 1. The molecule has 1 aliphatic rings. The predicted molar refractivity (Wildman–Crippen MR) is 61.9 cm³/mol. The molecule has 0 saturated heterocycles. The molecule has 0 bridgehead atoms. The third-order valence-electron chi connectivity index (χ3n) is 2.50. The van der Waals surface area contributed by atoms with Gasteiger partial charge in [-0.15, -0.1) is 0 Å². The van der Waals surface area contributed by atoms with E-state index in [4.69, 9.17) is 0 Å². The molecule has 1 aromatic heterocycles. The number of aromatic nitrogens is 1. The number of nitrogens with one attached hydrogen (secondary N) is 1. The van der Waals surface area contributed by atoms with E-state index in [0.29, 0.717) is 11.2 Å². The summed E-state index contributed by atoms with van der Waals surface area (Å²) in [5.74, 6) is 0. The Balaban J connectivity index is 2.31. The number of hydrogen-bond donors (Lipinski definition) is 1. The van der Waals surface area contributed by atoms with Crippen LogP contribution in [0.25, 0.3) is 12.2 Å². The van der Waals surface area contributed by atoms with E-state index in [1.807, 2.05) is 6.20 Å². The third-order valence-corrected chi connectivity index (χ3v) is 3.13. The molecule has 1 aromatic rings. The predicted octanol–water partition coefficient (Wildman–Crippen LogP) is 0.562. The molecule has 0 aromatic carbocycles. The number of nitro groups is 1. The fourth-order valence-corrected chi connectivity index (χ4v) is 2.21. The second kappa shape index (κ2) is 4.18. The monoisotopic (exact) mass is 270 g/mol. The van der Waals surface area contributed by atoms with E-state index >= 15 is 0 Å². The van der Waals surface area contributed by atoms with Gasteiger partial charge in [0.1, 0.15) is 0 Å². The van der Waals surface area contributed by atoms with Crippen LogP contribution in [0.1, 0.15) is 12.0 Å². The van der Waals surface area contributed by atoms with E-state index < -0.39 is 0 Å². The lowest BCUT2D eigenvalue weighted by Gasteiger charge is -2.03. The largest absolute Gasteiger partial charge is 0.361 e. The van der Waals surface area contributed by atoms with Gasteiger partial charge in [0.05, 0.1) is 0 Å². The fourth-order valence-electron chi connectivity index (χ4n) is 1.76. The highest BCUT2D eigenvalue weighted by atomic mass is 79.9. The summed E-state index contributed by atoms with van der Waals surface area (Å²) < 4.78 is 0. The molecule has 0 fully saturated rings. The molecule has 4 nitrogen and oxygen atoms in total. The number of hydrogen-bond acceptors (Lipinski definition) is 2. The Kier molecular flexibility index (Phi) is 2.90. The van der Waals surface area contributed by atoms with Crippen molar-refractivity contribution in [1.82, 2.24) is 4.98 Å². The Bertz CT molecular complexity index is 492. The molecule has 0 spiro atoms. The maximum absolute atomic E-state index is 10.3. The molecule has 5 heteroatoms. The Morgan fingerprint density at radius 3 is 3.20 bits per heavy atom. The van der Waals surface area contributed by atoms with Crippen LogP contribution in [0.5, 0.6) is 0 Å². The number of halogens is 1. The average Bonchev–Trinajstić information content (AvgIpc) is 2.57. The summed E-state index contributed by atoms with van der Waals surface area (Å²) in [7, 11) is 0. The van der Waals surface area contributed by atoms with Crippen molar-refractivity contribution in [1.29, 1.82) is 0 Å². The zero-order valence-corrected chi connectivity index (χ0v) is 9.66. The highest BCUT2D eigenvalue weighted by Gasteiger charge is 2.09. The normalized spacial score (nSPS) is 18.9. The van der Waals surface area contributed by atoms with Gasteiger partial charge >= 0.3 is 0 Å². The van der Waals surface area contributed by atoms with Crippen LogP contribution in [0.2, 0.25) is 0 Å². The van der Waals surface area contributed by atoms with E-state index in [2.05, 4.69) is 33.1 Å². The lowest BCUT2D eigenvalue weighted by Crippen LogP contribution is -2.30. The van der Waals surface area contributed by atoms with Crippen LogP contribution in [0.3, 0.4) is 0 Å². The number of H-pyrrole nitrogens is 1. The first-order valence-corrected chi connectivity index (χ1v) is 5.72. The van der Waals surface area contributed by atoms with Crippen LogP contribution in [-0.2, 0) is 6.42 Å². The molecule has 1 aliphatic carbocycles. The van der Waals surface area contributed by atoms with E-state index in [9.17, 15) is 10.1 Å². The van der Waals surface area contributed by atoms with Gasteiger partial charge in [-0.05, 0) is 17.2 Å². The first kappa shape index (κ1) is 10.4. The van der Waals surface area contributed by atoms with Crippen LogP contribution in [0, 0.1) is 10.1 Å². The summed E-state index contributed by atoms with van der Waals surface area (Å²) in [6.45, 7) is -0.00884. The molecule has 1 atom stereocenters. The minimum absolute atomic E-state index is 0.00884. The summed E-state index contributed by atoms with van der Waals surface area (Å²) in [5.41, 5.74) is 1.03. The van der Waals surface area contributed by atoms with Crippen LogP contribution >= 0.6 is 15.9 Å². The van der Waals surface area contributed by atoms with Crippen molar-refractivity contribution in [3.8, 4) is 0 Å². The van der Waals surface area contributed by atoms with E-state index in [1.165, 1.54) is 0 Å². The summed E-state index contributed by atoms with van der Waals surface area (Å²) in [5, 5.41) is 12.5. The Morgan fingerprint density at radius 1 is 1.67 bits per heavy atom. The average molecular weight is 271 g/mol. The van der Waals surface area contributed by atoms with Gasteiger partial charge in [-0.25, -0.2) is 0 Å². The van der Waals surface area contributed by atoms with Crippen molar-refractivity contribution >= 4 is 28.1 Å². The maximum atomic E-state index is 10.3. The minimum atomic E-state index is -0.280. The lowest BCUT2D eigenvalue weighted by atomic mass is 10.1. The Hall–Kier alpha value is -1.10. The van der Waals surface area contributed by atoms with Gasteiger partial charge in [0, 0.05) is 27.7 Å². The molecule has 1 N–H and O–H groups in total. The molecule has 80 valence electrons. The van der Waals surface area contributed by atoms with E-state index in [-0.39, 0.29) is 11.5 Å². The summed E-state index contributed by atoms with van der Waals surface area (Å²) in [4.78, 5) is 13.5. The lowest BCUT2D eigenvalue weighted by molar-refractivity contribution is -0.479. The molecular formula is C10H11BrN2O2. The van der Waals surface area contributed by atoms with Gasteiger partial charge in [-0.3, -0.25) is 10.1 Å². The standard InChI is InChI=1S/C10H11BrN2O2/c11-8-1-2-10-9(5-8)7(6-12-10)3-4-13(14)15/h2,5-6,8,12H,1,3-4H2. The van der Waals surface area contributed by atoms with Gasteiger partial charge in [0.25, 0.3) is 0 Å². The van der Waals surface area contributed by atoms with Crippen molar-refractivity contribution < 1.29 is 4.92 Å². The molecule has 1 unspecified atom stereocenters. The zero-order valence-electron chi connectivity index (χ0n) is 8.07. The molecular weight excluding hydrogens is 260 g/mol. The number of aromatic amines is 1. The smallest absolute Gasteiger partial charge is 0.207 e. The van der Waals surface area contributed by atoms with Gasteiger partial charge in [-0.1, -0.05) is 28.1 Å². The molecule has 15 heavy (non-hydrogen) atoms. The van der Waals surface area contributed by atoms with Crippen molar-refractivity contribution in [2.75, 3.05) is 6.54 Å². The SMILES string of the molecule is O=[N+]([O-])CCc1c[nH]c2c1=CC(Br)CC=2. The minimum Gasteiger partial charge on any atom is -0.361 e.